The molecule has 0 rings (SSSR count). The molecular weight excluding hydrogens is 370 g/mol. The molecule has 0 bridgehead atoms. The van der Waals surface area contributed by atoms with Gasteiger partial charge in [0.2, 0.25) is 0 Å². The Hall–Kier alpha value is -1.67. The van der Waals surface area contributed by atoms with Gasteiger partial charge in [-0.2, -0.15) is 0 Å². The molecule has 9 heteroatoms. The Labute approximate surface area is 167 Å². The minimum absolute atomic E-state index is 0.0586. The number of rotatable bonds is 14. The molecule has 0 aromatic heterocycles. The van der Waals surface area contributed by atoms with Gasteiger partial charge >= 0.3 is 6.09 Å². The van der Waals surface area contributed by atoms with Gasteiger partial charge in [-0.3, -0.25) is 0 Å². The molecular formula is C19H33NO8. The predicted octanol–water partition coefficient (Wildman–Crippen LogP) is 1.67. The summed E-state index contributed by atoms with van der Waals surface area (Å²) in [5.74, 6) is 2.49. The molecule has 1 amide bonds. The van der Waals surface area contributed by atoms with Gasteiger partial charge in [-0.15, -0.1) is 13.0 Å². The van der Waals surface area contributed by atoms with Crippen molar-refractivity contribution >= 4 is 6.09 Å². The number of carbonyl (C=O) groups is 1. The first-order valence-corrected chi connectivity index (χ1v) is 8.63. The van der Waals surface area contributed by atoms with E-state index in [1.54, 1.807) is 20.8 Å². The number of hydrogen-bond acceptors (Lipinski definition) is 8. The number of hydrogen-bond donors (Lipinski definition) is 1. The minimum Gasteiger partial charge on any atom is -0.444 e. The molecule has 0 heterocycles. The zero-order valence-electron chi connectivity index (χ0n) is 17.6. The van der Waals surface area contributed by atoms with Gasteiger partial charge in [0, 0.05) is 21.3 Å². The SMILES string of the molecule is C#C[C@@H](OCOC)[C@H](OCOC)[C@@H](OCOC)[C@H](C=C)NC(=O)OC(C)(C)C. The predicted molar refractivity (Wildman–Crippen MR) is 102 cm³/mol. The number of terminal acetylenes is 1. The Balaban J connectivity index is 5.60. The van der Waals surface area contributed by atoms with E-state index in [1.807, 2.05) is 0 Å². The molecule has 0 saturated carbocycles. The molecule has 9 nitrogen and oxygen atoms in total. The van der Waals surface area contributed by atoms with Crippen molar-refractivity contribution in [1.82, 2.24) is 5.32 Å². The van der Waals surface area contributed by atoms with Gasteiger partial charge in [0.25, 0.3) is 0 Å². The largest absolute Gasteiger partial charge is 0.444 e. The maximum Gasteiger partial charge on any atom is 0.408 e. The van der Waals surface area contributed by atoms with Crippen molar-refractivity contribution in [3.8, 4) is 12.3 Å². The third-order valence-electron chi connectivity index (χ3n) is 3.20. The number of alkyl carbamates (subject to hydrolysis) is 1. The summed E-state index contributed by atoms with van der Waals surface area (Å²) >= 11 is 0. The molecule has 0 unspecified atom stereocenters. The van der Waals surface area contributed by atoms with Crippen molar-refractivity contribution in [1.29, 1.82) is 0 Å². The summed E-state index contributed by atoms with van der Waals surface area (Å²) in [6.45, 7) is 8.80. The van der Waals surface area contributed by atoms with Gasteiger partial charge in [-0.25, -0.2) is 4.79 Å². The number of nitrogens with one attached hydrogen (secondary N) is 1. The summed E-state index contributed by atoms with van der Waals surface area (Å²) in [6, 6.07) is -0.728. The second kappa shape index (κ2) is 14.3. The molecule has 0 radical (unpaired) electrons. The first kappa shape index (κ1) is 26.3. The Kier molecular flexibility index (Phi) is 13.5. The summed E-state index contributed by atoms with van der Waals surface area (Å²) in [7, 11) is 4.40. The fraction of sp³-hybridized carbons (Fsp3) is 0.737. The standard InChI is InChI=1S/C19H33NO8/c1-9-14(20-18(21)28-19(3,4)5)16(26-12-23-7)17(27-13-24-8)15(10-2)25-11-22-6/h2,9,14-17H,1,11-13H2,3-8H3,(H,20,21)/t14-,15+,16-,17-/m0/s1. The van der Waals surface area contributed by atoms with Crippen LogP contribution in [0.5, 0.6) is 0 Å². The van der Waals surface area contributed by atoms with Crippen molar-refractivity contribution in [2.75, 3.05) is 41.7 Å². The topological polar surface area (TPSA) is 93.7 Å². The number of amides is 1. The van der Waals surface area contributed by atoms with Crippen LogP contribution in [0, 0.1) is 12.3 Å². The first-order chi connectivity index (χ1) is 13.2. The lowest BCUT2D eigenvalue weighted by Crippen LogP contribution is -2.54. The Bertz CT molecular complexity index is 485. The summed E-state index contributed by atoms with van der Waals surface area (Å²) in [5.41, 5.74) is -0.673. The Morgan fingerprint density at radius 2 is 1.54 bits per heavy atom. The molecule has 0 aromatic carbocycles. The van der Waals surface area contributed by atoms with E-state index in [2.05, 4.69) is 17.8 Å². The molecule has 0 spiro atoms. The van der Waals surface area contributed by atoms with E-state index >= 15 is 0 Å². The highest BCUT2D eigenvalue weighted by molar-refractivity contribution is 5.68. The van der Waals surface area contributed by atoms with Gasteiger partial charge < -0.3 is 38.5 Å². The van der Waals surface area contributed by atoms with Crippen LogP contribution >= 0.6 is 0 Å². The molecule has 4 atom stereocenters. The lowest BCUT2D eigenvalue weighted by atomic mass is 10.0. The highest BCUT2D eigenvalue weighted by Crippen LogP contribution is 2.18. The van der Waals surface area contributed by atoms with Crippen LogP contribution in [0.4, 0.5) is 4.79 Å². The molecule has 0 aliphatic heterocycles. The van der Waals surface area contributed by atoms with Crippen molar-refractivity contribution in [2.24, 2.45) is 0 Å². The van der Waals surface area contributed by atoms with Gasteiger partial charge in [-0.1, -0.05) is 12.0 Å². The first-order valence-electron chi connectivity index (χ1n) is 8.63. The van der Waals surface area contributed by atoms with E-state index in [4.69, 9.17) is 39.6 Å². The lowest BCUT2D eigenvalue weighted by molar-refractivity contribution is -0.198. The van der Waals surface area contributed by atoms with Gasteiger partial charge in [0.15, 0.2) is 0 Å². The molecule has 162 valence electrons. The summed E-state index contributed by atoms with van der Waals surface area (Å²) in [5, 5.41) is 2.69. The van der Waals surface area contributed by atoms with Crippen molar-refractivity contribution in [3.63, 3.8) is 0 Å². The van der Waals surface area contributed by atoms with Gasteiger partial charge in [-0.05, 0) is 20.8 Å². The molecule has 1 N–H and O–H groups in total. The van der Waals surface area contributed by atoms with Crippen LogP contribution in [0.25, 0.3) is 0 Å². The molecule has 0 aliphatic carbocycles. The van der Waals surface area contributed by atoms with Crippen LogP contribution in [0.15, 0.2) is 12.7 Å². The molecule has 0 fully saturated rings. The van der Waals surface area contributed by atoms with E-state index in [0.29, 0.717) is 0 Å². The smallest absolute Gasteiger partial charge is 0.408 e. The third kappa shape index (κ3) is 10.6. The fourth-order valence-electron chi connectivity index (χ4n) is 2.15. The second-order valence-corrected chi connectivity index (χ2v) is 6.64. The van der Waals surface area contributed by atoms with E-state index in [0.717, 1.165) is 0 Å². The maximum absolute atomic E-state index is 12.2. The summed E-state index contributed by atoms with van der Waals surface area (Å²) in [4.78, 5) is 12.2. The van der Waals surface area contributed by atoms with Crippen molar-refractivity contribution in [3.05, 3.63) is 12.7 Å². The van der Waals surface area contributed by atoms with E-state index < -0.39 is 36.0 Å². The van der Waals surface area contributed by atoms with E-state index in [9.17, 15) is 4.79 Å². The quantitative estimate of drug-likeness (QED) is 0.266. The highest BCUT2D eigenvalue weighted by atomic mass is 16.7. The average Bonchev–Trinajstić information content (AvgIpc) is 2.63. The normalized spacial score (nSPS) is 15.8. The van der Waals surface area contributed by atoms with Crippen LogP contribution in [0.2, 0.25) is 0 Å². The maximum atomic E-state index is 12.2. The number of carbonyl (C=O) groups excluding carboxylic acids is 1. The minimum atomic E-state index is -0.861. The summed E-state index contributed by atoms with van der Waals surface area (Å²) < 4.78 is 37.1. The number of methoxy groups -OCH3 is 3. The number of ether oxygens (including phenoxy) is 7. The molecule has 28 heavy (non-hydrogen) atoms. The zero-order chi connectivity index (χ0) is 21.6. The highest BCUT2D eigenvalue weighted by Gasteiger charge is 2.37. The molecule has 0 aliphatic rings. The fourth-order valence-corrected chi connectivity index (χ4v) is 2.15. The molecule has 0 saturated heterocycles. The Morgan fingerprint density at radius 1 is 1.04 bits per heavy atom. The summed E-state index contributed by atoms with van der Waals surface area (Å²) in [6.07, 6.45) is 3.91. The van der Waals surface area contributed by atoms with Crippen molar-refractivity contribution < 1.29 is 38.0 Å². The van der Waals surface area contributed by atoms with E-state index in [1.165, 1.54) is 27.4 Å². The van der Waals surface area contributed by atoms with Crippen LogP contribution in [0.1, 0.15) is 20.8 Å². The lowest BCUT2D eigenvalue weighted by Gasteiger charge is -2.35. The molecule has 0 aromatic rings. The zero-order valence-corrected chi connectivity index (χ0v) is 17.6. The van der Waals surface area contributed by atoms with Crippen molar-refractivity contribution in [2.45, 2.75) is 50.7 Å². The van der Waals surface area contributed by atoms with Gasteiger partial charge in [0.05, 0.1) is 6.04 Å². The van der Waals surface area contributed by atoms with E-state index in [-0.39, 0.29) is 20.4 Å². The van der Waals surface area contributed by atoms with Gasteiger partial charge in [0.1, 0.15) is 44.3 Å². The van der Waals surface area contributed by atoms with Crippen LogP contribution in [-0.4, -0.2) is 77.8 Å². The van der Waals surface area contributed by atoms with Crippen LogP contribution in [0.3, 0.4) is 0 Å². The Morgan fingerprint density at radius 3 is 1.96 bits per heavy atom. The van der Waals surface area contributed by atoms with Crippen LogP contribution < -0.4 is 5.32 Å². The monoisotopic (exact) mass is 403 g/mol. The average molecular weight is 403 g/mol. The van der Waals surface area contributed by atoms with Crippen LogP contribution in [-0.2, 0) is 33.2 Å². The third-order valence-corrected chi connectivity index (χ3v) is 3.20. The second-order valence-electron chi connectivity index (χ2n) is 6.64.